The van der Waals surface area contributed by atoms with Crippen LogP contribution in [0.15, 0.2) is 103 Å². The summed E-state index contributed by atoms with van der Waals surface area (Å²) in [6.45, 7) is 0. The van der Waals surface area contributed by atoms with Crippen molar-refractivity contribution in [1.29, 1.82) is 0 Å². The molecule has 0 aromatic heterocycles. The Balaban J connectivity index is 1.56. The van der Waals surface area contributed by atoms with Crippen LogP contribution in [-0.4, -0.2) is 0 Å². The normalized spacial score (nSPS) is 16.5. The van der Waals surface area contributed by atoms with Crippen molar-refractivity contribution >= 4 is 21.9 Å². The molecule has 0 amide bonds. The third-order valence-corrected chi connectivity index (χ3v) is 9.37. The van der Waals surface area contributed by atoms with E-state index >= 15 is 0 Å². The summed E-state index contributed by atoms with van der Waals surface area (Å²) < 4.78 is 0. The van der Waals surface area contributed by atoms with Crippen LogP contribution in [0.2, 0.25) is 0 Å². The average Bonchev–Trinajstić information content (AvgIpc) is 3.32. The minimum absolute atomic E-state index is 0.766. The Hall–Kier alpha value is -3.90. The van der Waals surface area contributed by atoms with E-state index in [4.69, 9.17) is 0 Å². The second kappa shape index (κ2) is 8.84. The lowest BCUT2D eigenvalue weighted by Crippen LogP contribution is -2.34. The largest absolute Gasteiger partial charge is 0.0622 e. The second-order valence-corrected chi connectivity index (χ2v) is 11.3. The zero-order valence-corrected chi connectivity index (χ0v) is 21.8. The second-order valence-electron chi connectivity index (χ2n) is 11.3. The van der Waals surface area contributed by atoms with Crippen molar-refractivity contribution in [3.8, 4) is 33.4 Å². The minimum Gasteiger partial charge on any atom is -0.0622 e. The van der Waals surface area contributed by atoms with Gasteiger partial charge in [0.2, 0.25) is 0 Å². The lowest BCUT2D eigenvalue weighted by molar-refractivity contribution is 0.421. The maximum absolute atomic E-state index is 2.44. The Labute approximate surface area is 225 Å². The summed E-state index contributed by atoms with van der Waals surface area (Å²) in [5.41, 5.74) is 13.1. The van der Waals surface area contributed by atoms with Gasteiger partial charge in [-0.1, -0.05) is 128 Å². The first-order chi connectivity index (χ1) is 18.9. The molecule has 1 saturated carbocycles. The van der Waals surface area contributed by atoms with Gasteiger partial charge in [-0.05, 0) is 97.3 Å². The summed E-state index contributed by atoms with van der Waals surface area (Å²) >= 11 is 0. The summed E-state index contributed by atoms with van der Waals surface area (Å²) in [7, 11) is 0. The zero-order valence-electron chi connectivity index (χ0n) is 21.8. The maximum Gasteiger partial charge on any atom is -0.00108 e. The molecule has 0 radical (unpaired) electrons. The molecular weight excluding hydrogens is 456 g/mol. The third-order valence-electron chi connectivity index (χ3n) is 9.37. The summed E-state index contributed by atoms with van der Waals surface area (Å²) in [6.07, 6.45) is 9.29. The van der Waals surface area contributed by atoms with Gasteiger partial charge in [-0.25, -0.2) is 0 Å². The number of rotatable bonds is 3. The zero-order chi connectivity index (χ0) is 25.1. The molecule has 0 bridgehead atoms. The lowest BCUT2D eigenvalue weighted by Gasteiger charge is -2.27. The summed E-state index contributed by atoms with van der Waals surface area (Å²) in [5.74, 6) is 0.766. The monoisotopic (exact) mass is 488 g/mol. The van der Waals surface area contributed by atoms with Gasteiger partial charge in [-0.15, -0.1) is 0 Å². The molecule has 0 unspecified atom stereocenters. The van der Waals surface area contributed by atoms with Crippen LogP contribution >= 0.6 is 0 Å². The van der Waals surface area contributed by atoms with Crippen LogP contribution in [0.3, 0.4) is 0 Å². The molecule has 0 heterocycles. The van der Waals surface area contributed by atoms with Crippen LogP contribution in [0.1, 0.15) is 50.5 Å². The highest BCUT2D eigenvalue weighted by molar-refractivity contribution is 6.17. The van der Waals surface area contributed by atoms with Gasteiger partial charge in [0.15, 0.2) is 0 Å². The molecule has 5 aromatic rings. The Bertz CT molecular complexity index is 1820. The van der Waals surface area contributed by atoms with E-state index in [1.54, 1.807) is 21.6 Å². The molecule has 0 nitrogen and oxygen atoms in total. The van der Waals surface area contributed by atoms with E-state index in [0.29, 0.717) is 0 Å². The first-order valence-corrected chi connectivity index (χ1v) is 14.5. The predicted molar refractivity (Wildman–Crippen MR) is 161 cm³/mol. The van der Waals surface area contributed by atoms with Gasteiger partial charge in [-0.2, -0.15) is 0 Å². The highest BCUT2D eigenvalue weighted by Crippen LogP contribution is 2.51. The van der Waals surface area contributed by atoms with Crippen LogP contribution in [0.5, 0.6) is 0 Å². The van der Waals surface area contributed by atoms with Crippen LogP contribution in [0.25, 0.3) is 55.3 Å². The van der Waals surface area contributed by atoms with E-state index in [-0.39, 0.29) is 0 Å². The van der Waals surface area contributed by atoms with Gasteiger partial charge in [-0.3, -0.25) is 0 Å². The molecule has 0 N–H and O–H groups in total. The molecule has 3 aliphatic rings. The minimum atomic E-state index is 0.766. The fourth-order valence-electron chi connectivity index (χ4n) is 7.82. The van der Waals surface area contributed by atoms with Crippen molar-refractivity contribution in [2.24, 2.45) is 5.92 Å². The van der Waals surface area contributed by atoms with Gasteiger partial charge in [0.25, 0.3) is 0 Å². The molecule has 8 rings (SSSR count). The topological polar surface area (TPSA) is 0 Å². The van der Waals surface area contributed by atoms with Crippen molar-refractivity contribution in [2.45, 2.75) is 44.9 Å². The van der Waals surface area contributed by atoms with Gasteiger partial charge in [0.1, 0.15) is 0 Å². The smallest absolute Gasteiger partial charge is 0.00108 e. The number of hydrogen-bond acceptors (Lipinski definition) is 0. The molecule has 0 aliphatic heterocycles. The van der Waals surface area contributed by atoms with E-state index in [2.05, 4.69) is 103 Å². The molecule has 0 saturated heterocycles. The van der Waals surface area contributed by atoms with Gasteiger partial charge >= 0.3 is 0 Å². The van der Waals surface area contributed by atoms with Crippen molar-refractivity contribution < 1.29 is 0 Å². The molecule has 0 spiro atoms. The Morgan fingerprint density at radius 1 is 0.474 bits per heavy atom. The summed E-state index contributed by atoms with van der Waals surface area (Å²) in [5, 5.41) is 5.80. The fourth-order valence-corrected chi connectivity index (χ4v) is 7.82. The van der Waals surface area contributed by atoms with E-state index in [1.165, 1.54) is 88.2 Å². The molecule has 184 valence electrons. The molecule has 0 atom stereocenters. The van der Waals surface area contributed by atoms with E-state index in [1.807, 2.05) is 0 Å². The molecular formula is C38H32. The Morgan fingerprint density at radius 2 is 1.08 bits per heavy atom. The van der Waals surface area contributed by atoms with E-state index in [9.17, 15) is 0 Å². The summed E-state index contributed by atoms with van der Waals surface area (Å²) in [4.78, 5) is 0. The SMILES string of the molecule is c1ccc(-c2c3c(c(-c4ccccc4)c4ccccc24)-c2cccc4c2=C3CCC=4C2CCCCC2)cc1. The quantitative estimate of drug-likeness (QED) is 0.238. The van der Waals surface area contributed by atoms with Crippen LogP contribution < -0.4 is 10.4 Å². The fraction of sp³-hybridized carbons (Fsp3) is 0.211. The van der Waals surface area contributed by atoms with Crippen molar-refractivity contribution in [1.82, 2.24) is 0 Å². The molecule has 1 fully saturated rings. The number of benzene rings is 5. The first kappa shape index (κ1) is 22.1. The maximum atomic E-state index is 2.44. The lowest BCUT2D eigenvalue weighted by atomic mass is 9.77. The Kier molecular flexibility index (Phi) is 5.15. The van der Waals surface area contributed by atoms with Gasteiger partial charge in [0, 0.05) is 0 Å². The molecule has 38 heavy (non-hydrogen) atoms. The van der Waals surface area contributed by atoms with Crippen molar-refractivity contribution in [3.63, 3.8) is 0 Å². The van der Waals surface area contributed by atoms with Crippen molar-refractivity contribution in [2.75, 3.05) is 0 Å². The van der Waals surface area contributed by atoms with E-state index < -0.39 is 0 Å². The number of fused-ring (bicyclic) bond motifs is 4. The van der Waals surface area contributed by atoms with Crippen molar-refractivity contribution in [3.05, 3.63) is 119 Å². The summed E-state index contributed by atoms with van der Waals surface area (Å²) in [6, 6.07) is 38.5. The molecule has 3 aliphatic carbocycles. The Morgan fingerprint density at radius 3 is 1.74 bits per heavy atom. The predicted octanol–water partition coefficient (Wildman–Crippen LogP) is 8.88. The number of hydrogen-bond donors (Lipinski definition) is 0. The third kappa shape index (κ3) is 3.23. The first-order valence-electron chi connectivity index (χ1n) is 14.5. The molecule has 5 aromatic carbocycles. The highest BCUT2D eigenvalue weighted by atomic mass is 14.4. The van der Waals surface area contributed by atoms with Gasteiger partial charge < -0.3 is 0 Å². The van der Waals surface area contributed by atoms with E-state index in [0.717, 1.165) is 12.3 Å². The van der Waals surface area contributed by atoms with Crippen LogP contribution in [0.4, 0.5) is 0 Å². The molecule has 0 heteroatoms. The standard InChI is InChI=1S/C38H32/c1-4-13-25(14-5-1)28-23-24-33-36-29(28)21-12-22-32(36)37-34(26-15-6-2-7-16-26)30-19-10-11-20-31(30)35(38(33)37)27-17-8-3-9-18-27/h2-3,6-12,15-22,25H,1,4-5,13-14,23-24H2. The van der Waals surface area contributed by atoms with Crippen LogP contribution in [-0.2, 0) is 0 Å². The average molecular weight is 489 g/mol. The van der Waals surface area contributed by atoms with Crippen LogP contribution in [0, 0.1) is 5.92 Å². The van der Waals surface area contributed by atoms with Gasteiger partial charge in [0.05, 0.1) is 0 Å². The highest BCUT2D eigenvalue weighted by Gasteiger charge is 2.32.